The molecule has 110 valence electrons. The van der Waals surface area contributed by atoms with Crippen LogP contribution < -0.4 is 11.1 Å². The third-order valence-electron chi connectivity index (χ3n) is 2.34. The first-order valence-electron chi connectivity index (χ1n) is 5.98. The number of allylic oxidation sites excluding steroid dienone is 1. The number of ether oxygens (including phenoxy) is 1. The average Bonchev–Trinajstić information content (AvgIpc) is 2.48. The number of nitrogens with one attached hydrogen (secondary N) is 1. The first-order valence-corrected chi connectivity index (χ1v) is 5.98. The molecule has 0 fully saturated rings. The first-order chi connectivity index (χ1) is 9.54. The minimum Gasteiger partial charge on any atom is -0.481 e. The Hall–Kier alpha value is -2.50. The first kappa shape index (κ1) is 17.5. The van der Waals surface area contributed by atoms with Gasteiger partial charge >= 0.3 is 12.1 Å². The fraction of sp³-hybridized carbons (Fsp3) is 0.286. The molecule has 1 aromatic carbocycles. The second-order valence-corrected chi connectivity index (χ2v) is 3.69. The third kappa shape index (κ3) is 7.75. The Labute approximate surface area is 118 Å². The van der Waals surface area contributed by atoms with Crippen molar-refractivity contribution in [2.45, 2.75) is 12.8 Å². The molecule has 0 aliphatic carbocycles. The summed E-state index contributed by atoms with van der Waals surface area (Å²) in [5.41, 5.74) is 7.29. The van der Waals surface area contributed by atoms with Crippen molar-refractivity contribution in [3.8, 4) is 0 Å². The second kappa shape index (κ2) is 10.4. The number of benzene rings is 1. The molecule has 0 bridgehead atoms. The van der Waals surface area contributed by atoms with Crippen LogP contribution in [0.2, 0.25) is 0 Å². The van der Waals surface area contributed by atoms with E-state index in [1.807, 2.05) is 30.3 Å². The number of carboxylic acids is 1. The molecule has 6 heteroatoms. The Morgan fingerprint density at radius 3 is 2.25 bits per heavy atom. The van der Waals surface area contributed by atoms with E-state index in [1.54, 1.807) is 0 Å². The Balaban J connectivity index is 0.000000511. The van der Waals surface area contributed by atoms with Gasteiger partial charge in [-0.25, -0.2) is 4.79 Å². The van der Waals surface area contributed by atoms with Crippen molar-refractivity contribution in [1.82, 2.24) is 5.32 Å². The normalized spacial score (nSPS) is 10.0. The van der Waals surface area contributed by atoms with Crippen LogP contribution in [-0.2, 0) is 9.53 Å². The zero-order valence-corrected chi connectivity index (χ0v) is 11.6. The van der Waals surface area contributed by atoms with E-state index in [2.05, 4.69) is 10.1 Å². The molecule has 1 rings (SSSR count). The molecule has 0 aliphatic rings. The Morgan fingerprint density at radius 2 is 1.90 bits per heavy atom. The summed E-state index contributed by atoms with van der Waals surface area (Å²) in [5, 5.41) is 10.8. The van der Waals surface area contributed by atoms with Gasteiger partial charge in [0.1, 0.15) is 0 Å². The Bertz CT molecular complexity index is 438. The van der Waals surface area contributed by atoms with Gasteiger partial charge < -0.3 is 20.9 Å². The molecule has 0 heterocycles. The lowest BCUT2D eigenvalue weighted by Gasteiger charge is -2.04. The number of hydrogen-bond acceptors (Lipinski definition) is 4. The minimum atomic E-state index is -0.805. The molecule has 0 spiro atoms. The number of carboxylic acid groups (broad SMARTS) is 1. The molecule has 0 saturated carbocycles. The van der Waals surface area contributed by atoms with E-state index in [4.69, 9.17) is 10.8 Å². The smallest absolute Gasteiger partial charge is 0.406 e. The monoisotopic (exact) mass is 280 g/mol. The van der Waals surface area contributed by atoms with Gasteiger partial charge in [-0.05, 0) is 23.8 Å². The van der Waals surface area contributed by atoms with E-state index in [0.717, 1.165) is 11.1 Å². The molecule has 1 amide bonds. The van der Waals surface area contributed by atoms with Crippen molar-refractivity contribution < 1.29 is 19.4 Å². The van der Waals surface area contributed by atoms with E-state index < -0.39 is 12.1 Å². The van der Waals surface area contributed by atoms with Crippen LogP contribution in [0.25, 0.3) is 5.57 Å². The van der Waals surface area contributed by atoms with Crippen LogP contribution in [0.1, 0.15) is 18.4 Å². The molecule has 0 atom stereocenters. The fourth-order valence-electron chi connectivity index (χ4n) is 1.32. The molecule has 20 heavy (non-hydrogen) atoms. The van der Waals surface area contributed by atoms with Gasteiger partial charge in [0.2, 0.25) is 0 Å². The molecule has 1 aromatic rings. The highest BCUT2D eigenvalue weighted by atomic mass is 16.5. The topological polar surface area (TPSA) is 102 Å². The number of hydrogen-bond donors (Lipinski definition) is 3. The lowest BCUT2D eigenvalue weighted by atomic mass is 10.0. The standard InChI is InChI=1S/C11H13NO2.C3H7NO2/c12-8-10(6-7-11(13)14)9-4-2-1-3-5-9;1-4-3(5)6-2/h1-5,8H,6-7,12H2,(H,13,14);1-2H3,(H,4,5)/b10-8-;. The highest BCUT2D eigenvalue weighted by Crippen LogP contribution is 2.18. The summed E-state index contributed by atoms with van der Waals surface area (Å²) in [4.78, 5) is 20.2. The molecular formula is C14H20N2O4. The Kier molecular flexibility index (Phi) is 9.12. The highest BCUT2D eigenvalue weighted by Gasteiger charge is 2.03. The van der Waals surface area contributed by atoms with Crippen molar-refractivity contribution in [3.05, 3.63) is 42.1 Å². The van der Waals surface area contributed by atoms with Crippen molar-refractivity contribution in [2.24, 2.45) is 5.73 Å². The van der Waals surface area contributed by atoms with E-state index in [0.29, 0.717) is 6.42 Å². The number of nitrogens with two attached hydrogens (primary N) is 1. The number of carbonyl (C=O) groups is 2. The van der Waals surface area contributed by atoms with Gasteiger partial charge in [0, 0.05) is 13.5 Å². The van der Waals surface area contributed by atoms with E-state index >= 15 is 0 Å². The van der Waals surface area contributed by atoms with Crippen molar-refractivity contribution >= 4 is 17.6 Å². The van der Waals surface area contributed by atoms with Crippen molar-refractivity contribution in [3.63, 3.8) is 0 Å². The van der Waals surface area contributed by atoms with Gasteiger partial charge in [0.15, 0.2) is 0 Å². The van der Waals surface area contributed by atoms with Crippen LogP contribution in [0.5, 0.6) is 0 Å². The number of amides is 1. The number of alkyl carbamates (subject to hydrolysis) is 1. The quantitative estimate of drug-likeness (QED) is 0.781. The van der Waals surface area contributed by atoms with Crippen LogP contribution in [0.15, 0.2) is 36.5 Å². The van der Waals surface area contributed by atoms with Crippen LogP contribution in [0, 0.1) is 0 Å². The predicted molar refractivity (Wildman–Crippen MR) is 76.9 cm³/mol. The van der Waals surface area contributed by atoms with Crippen LogP contribution in [-0.4, -0.2) is 31.3 Å². The lowest BCUT2D eigenvalue weighted by molar-refractivity contribution is -0.136. The number of aliphatic carboxylic acids is 1. The van der Waals surface area contributed by atoms with Gasteiger partial charge in [0.25, 0.3) is 0 Å². The number of rotatable bonds is 4. The average molecular weight is 280 g/mol. The summed E-state index contributed by atoms with van der Waals surface area (Å²) in [6.07, 6.45) is 1.64. The van der Waals surface area contributed by atoms with E-state index in [9.17, 15) is 9.59 Å². The molecule has 4 N–H and O–H groups in total. The van der Waals surface area contributed by atoms with Gasteiger partial charge in [-0.2, -0.15) is 0 Å². The van der Waals surface area contributed by atoms with Crippen LogP contribution in [0.3, 0.4) is 0 Å². The van der Waals surface area contributed by atoms with Crippen LogP contribution >= 0.6 is 0 Å². The summed E-state index contributed by atoms with van der Waals surface area (Å²) in [7, 11) is 2.82. The summed E-state index contributed by atoms with van der Waals surface area (Å²) in [6.45, 7) is 0. The molecule has 0 unspecified atom stereocenters. The van der Waals surface area contributed by atoms with Crippen molar-refractivity contribution in [2.75, 3.05) is 14.2 Å². The summed E-state index contributed by atoms with van der Waals surface area (Å²) in [5.74, 6) is -0.805. The molecule has 0 aromatic heterocycles. The zero-order valence-electron chi connectivity index (χ0n) is 11.6. The molecule has 0 saturated heterocycles. The fourth-order valence-corrected chi connectivity index (χ4v) is 1.32. The summed E-state index contributed by atoms with van der Waals surface area (Å²) >= 11 is 0. The predicted octanol–water partition coefficient (Wildman–Crippen LogP) is 1.82. The van der Waals surface area contributed by atoms with Gasteiger partial charge in [-0.15, -0.1) is 0 Å². The van der Waals surface area contributed by atoms with E-state index in [-0.39, 0.29) is 6.42 Å². The maximum atomic E-state index is 10.4. The SMILES string of the molecule is CNC(=O)OC.N/C=C(/CCC(=O)O)c1ccccc1. The number of methoxy groups -OCH3 is 1. The maximum Gasteiger partial charge on any atom is 0.406 e. The van der Waals surface area contributed by atoms with E-state index in [1.165, 1.54) is 20.4 Å². The third-order valence-corrected chi connectivity index (χ3v) is 2.34. The van der Waals surface area contributed by atoms with Crippen molar-refractivity contribution in [1.29, 1.82) is 0 Å². The largest absolute Gasteiger partial charge is 0.481 e. The maximum absolute atomic E-state index is 10.4. The minimum absolute atomic E-state index is 0.109. The molecular weight excluding hydrogens is 260 g/mol. The van der Waals surface area contributed by atoms with Gasteiger partial charge in [-0.1, -0.05) is 30.3 Å². The van der Waals surface area contributed by atoms with Gasteiger partial charge in [-0.3, -0.25) is 4.79 Å². The van der Waals surface area contributed by atoms with Gasteiger partial charge in [0.05, 0.1) is 7.11 Å². The van der Waals surface area contributed by atoms with Crippen LogP contribution in [0.4, 0.5) is 4.79 Å². The highest BCUT2D eigenvalue weighted by molar-refractivity contribution is 5.72. The lowest BCUT2D eigenvalue weighted by Crippen LogP contribution is -2.16. The zero-order chi connectivity index (χ0) is 15.4. The molecule has 6 nitrogen and oxygen atoms in total. The molecule has 0 radical (unpaired) electrons. The number of carbonyl (C=O) groups excluding carboxylic acids is 1. The summed E-state index contributed by atoms with van der Waals surface area (Å²) in [6, 6.07) is 9.55. The summed E-state index contributed by atoms with van der Waals surface area (Å²) < 4.78 is 4.15. The molecule has 0 aliphatic heterocycles. The second-order valence-electron chi connectivity index (χ2n) is 3.69. The Morgan fingerprint density at radius 1 is 1.30 bits per heavy atom.